The van der Waals surface area contributed by atoms with E-state index < -0.39 is 5.91 Å². The molecule has 8 nitrogen and oxygen atoms in total. The van der Waals surface area contributed by atoms with Crippen molar-refractivity contribution < 1.29 is 9.90 Å². The number of nitrogens with one attached hydrogen (secondary N) is 1. The Hall–Kier alpha value is -2.33. The molecule has 2 aromatic heterocycles. The fraction of sp³-hybridized carbons (Fsp3) is 0.133. The number of halogens is 2. The SMILES string of the molecule is Cc1cc(C)n2nc(C(=O)NN=Cc3cc(Br)c(O)c(Br)c3)nc2n1. The molecular formula is C15H12Br2N6O2. The summed E-state index contributed by atoms with van der Waals surface area (Å²) in [6, 6.07) is 5.17. The average molecular weight is 468 g/mol. The van der Waals surface area contributed by atoms with Crippen LogP contribution in [0.25, 0.3) is 5.78 Å². The van der Waals surface area contributed by atoms with Crippen LogP contribution in [0.2, 0.25) is 0 Å². The Bertz CT molecular complexity index is 992. The van der Waals surface area contributed by atoms with E-state index in [1.165, 1.54) is 10.7 Å². The van der Waals surface area contributed by atoms with E-state index in [1.54, 1.807) is 12.1 Å². The second-order valence-electron chi connectivity index (χ2n) is 5.22. The van der Waals surface area contributed by atoms with Gasteiger partial charge in [-0.1, -0.05) is 0 Å². The molecule has 10 heteroatoms. The first kappa shape index (κ1) is 17.5. The van der Waals surface area contributed by atoms with Gasteiger partial charge in [0.1, 0.15) is 5.75 Å². The first-order valence-corrected chi connectivity index (χ1v) is 8.66. The summed E-state index contributed by atoms with van der Waals surface area (Å²) in [7, 11) is 0. The molecule has 2 N–H and O–H groups in total. The Morgan fingerprint density at radius 1 is 1.24 bits per heavy atom. The van der Waals surface area contributed by atoms with Crippen LogP contribution >= 0.6 is 31.9 Å². The minimum atomic E-state index is -0.546. The molecule has 128 valence electrons. The molecule has 0 spiro atoms. The van der Waals surface area contributed by atoms with Crippen LogP contribution in [-0.2, 0) is 0 Å². The highest BCUT2D eigenvalue weighted by molar-refractivity contribution is 9.11. The van der Waals surface area contributed by atoms with Gasteiger partial charge in [-0.05, 0) is 69.5 Å². The number of aryl methyl sites for hydroxylation is 2. The summed E-state index contributed by atoms with van der Waals surface area (Å²) in [5, 5.41) is 17.7. The summed E-state index contributed by atoms with van der Waals surface area (Å²) in [5.41, 5.74) is 4.67. The average Bonchev–Trinajstić information content (AvgIpc) is 2.96. The van der Waals surface area contributed by atoms with Crippen molar-refractivity contribution in [3.8, 4) is 5.75 Å². The van der Waals surface area contributed by atoms with Crippen LogP contribution in [0.5, 0.6) is 5.75 Å². The van der Waals surface area contributed by atoms with Crippen LogP contribution in [0.15, 0.2) is 32.2 Å². The van der Waals surface area contributed by atoms with Gasteiger partial charge in [0.2, 0.25) is 5.82 Å². The van der Waals surface area contributed by atoms with Gasteiger partial charge in [0, 0.05) is 11.4 Å². The van der Waals surface area contributed by atoms with Crippen molar-refractivity contribution >= 4 is 49.8 Å². The van der Waals surface area contributed by atoms with E-state index in [2.05, 4.69) is 57.5 Å². The Morgan fingerprint density at radius 2 is 1.92 bits per heavy atom. The van der Waals surface area contributed by atoms with Crippen molar-refractivity contribution in [3.05, 3.63) is 49.9 Å². The molecule has 0 unspecified atom stereocenters. The van der Waals surface area contributed by atoms with Gasteiger partial charge in [0.05, 0.1) is 15.2 Å². The van der Waals surface area contributed by atoms with Gasteiger partial charge in [-0.25, -0.2) is 14.9 Å². The van der Waals surface area contributed by atoms with E-state index in [4.69, 9.17) is 0 Å². The summed E-state index contributed by atoms with van der Waals surface area (Å²) in [6.07, 6.45) is 1.44. The number of benzene rings is 1. The zero-order chi connectivity index (χ0) is 18.1. The molecule has 2 heterocycles. The number of hydrazone groups is 1. The predicted octanol–water partition coefficient (Wildman–Crippen LogP) is 2.74. The monoisotopic (exact) mass is 466 g/mol. The third-order valence-corrected chi connectivity index (χ3v) is 4.45. The molecule has 0 aliphatic carbocycles. The molecule has 0 aliphatic rings. The van der Waals surface area contributed by atoms with Crippen molar-refractivity contribution in [2.24, 2.45) is 5.10 Å². The molecule has 0 fully saturated rings. The van der Waals surface area contributed by atoms with E-state index in [-0.39, 0.29) is 11.6 Å². The zero-order valence-electron chi connectivity index (χ0n) is 13.2. The molecule has 0 aliphatic heterocycles. The van der Waals surface area contributed by atoms with E-state index in [9.17, 15) is 9.90 Å². The number of amides is 1. The topological polar surface area (TPSA) is 105 Å². The van der Waals surface area contributed by atoms with Gasteiger partial charge < -0.3 is 5.11 Å². The van der Waals surface area contributed by atoms with Crippen LogP contribution in [0.4, 0.5) is 0 Å². The lowest BCUT2D eigenvalue weighted by Crippen LogP contribution is -2.19. The molecule has 1 amide bonds. The predicted molar refractivity (Wildman–Crippen MR) is 98.8 cm³/mol. The lowest BCUT2D eigenvalue weighted by atomic mass is 10.2. The lowest BCUT2D eigenvalue weighted by Gasteiger charge is -2.01. The number of aromatic hydroxyl groups is 1. The number of fused-ring (bicyclic) bond motifs is 1. The highest BCUT2D eigenvalue weighted by Gasteiger charge is 2.14. The van der Waals surface area contributed by atoms with Crippen LogP contribution in [0.1, 0.15) is 27.6 Å². The number of rotatable bonds is 3. The van der Waals surface area contributed by atoms with Gasteiger partial charge in [-0.3, -0.25) is 4.79 Å². The maximum atomic E-state index is 12.1. The number of carbonyl (C=O) groups is 1. The molecule has 0 saturated heterocycles. The molecule has 0 bridgehead atoms. The minimum Gasteiger partial charge on any atom is -0.506 e. The van der Waals surface area contributed by atoms with Crippen molar-refractivity contribution in [2.45, 2.75) is 13.8 Å². The first-order chi connectivity index (χ1) is 11.8. The Morgan fingerprint density at radius 3 is 2.60 bits per heavy atom. The highest BCUT2D eigenvalue weighted by atomic mass is 79.9. The van der Waals surface area contributed by atoms with Crippen LogP contribution in [0, 0.1) is 13.8 Å². The van der Waals surface area contributed by atoms with E-state index >= 15 is 0 Å². The molecular weight excluding hydrogens is 456 g/mol. The molecule has 0 radical (unpaired) electrons. The number of carbonyl (C=O) groups excluding carboxylic acids is 1. The van der Waals surface area contributed by atoms with Gasteiger partial charge in [-0.2, -0.15) is 10.1 Å². The summed E-state index contributed by atoms with van der Waals surface area (Å²) in [5.74, 6) is -0.117. The molecule has 3 rings (SSSR count). The highest BCUT2D eigenvalue weighted by Crippen LogP contribution is 2.32. The van der Waals surface area contributed by atoms with Crippen molar-refractivity contribution in [2.75, 3.05) is 0 Å². The number of hydrogen-bond donors (Lipinski definition) is 2. The summed E-state index contributed by atoms with van der Waals surface area (Å²) >= 11 is 6.46. The van der Waals surface area contributed by atoms with Crippen LogP contribution < -0.4 is 5.43 Å². The van der Waals surface area contributed by atoms with Crippen molar-refractivity contribution in [3.63, 3.8) is 0 Å². The molecule has 0 atom stereocenters. The molecule has 25 heavy (non-hydrogen) atoms. The Labute approximate surface area is 159 Å². The van der Waals surface area contributed by atoms with Crippen molar-refractivity contribution in [1.82, 2.24) is 25.0 Å². The van der Waals surface area contributed by atoms with E-state index in [1.807, 2.05) is 19.9 Å². The summed E-state index contributed by atoms with van der Waals surface area (Å²) in [4.78, 5) is 20.5. The number of nitrogens with zero attached hydrogens (tertiary/aromatic N) is 5. The van der Waals surface area contributed by atoms with Crippen LogP contribution in [-0.4, -0.2) is 36.8 Å². The summed E-state index contributed by atoms with van der Waals surface area (Å²) < 4.78 is 2.52. The number of aromatic nitrogens is 4. The molecule has 1 aromatic carbocycles. The standard InChI is InChI=1S/C15H12Br2N6O2/c1-7-3-8(2)23-15(19-7)20-13(22-23)14(25)21-18-6-9-4-10(16)12(24)11(17)5-9/h3-6,24H,1-2H3,(H,21,25). The first-order valence-electron chi connectivity index (χ1n) is 7.07. The normalized spacial score (nSPS) is 11.4. The van der Waals surface area contributed by atoms with Crippen molar-refractivity contribution in [1.29, 1.82) is 0 Å². The third-order valence-electron chi connectivity index (χ3n) is 3.24. The smallest absolute Gasteiger partial charge is 0.311 e. The molecule has 3 aromatic rings. The fourth-order valence-electron chi connectivity index (χ4n) is 2.14. The second-order valence-corrected chi connectivity index (χ2v) is 6.93. The summed E-state index contributed by atoms with van der Waals surface area (Å²) in [6.45, 7) is 3.70. The Balaban J connectivity index is 1.78. The quantitative estimate of drug-likeness (QED) is 0.455. The maximum Gasteiger partial charge on any atom is 0.311 e. The largest absolute Gasteiger partial charge is 0.506 e. The van der Waals surface area contributed by atoms with Gasteiger partial charge in [0.15, 0.2) is 0 Å². The van der Waals surface area contributed by atoms with Crippen LogP contribution in [0.3, 0.4) is 0 Å². The third kappa shape index (κ3) is 3.69. The lowest BCUT2D eigenvalue weighted by molar-refractivity contribution is 0.0945. The number of phenols is 1. The van der Waals surface area contributed by atoms with Gasteiger partial charge in [0.25, 0.3) is 5.78 Å². The number of hydrogen-bond acceptors (Lipinski definition) is 6. The minimum absolute atomic E-state index is 0.0218. The van der Waals surface area contributed by atoms with E-state index in [0.29, 0.717) is 20.3 Å². The van der Waals surface area contributed by atoms with E-state index in [0.717, 1.165) is 11.4 Å². The molecule has 0 saturated carbocycles. The maximum absolute atomic E-state index is 12.1. The fourth-order valence-corrected chi connectivity index (χ4v) is 3.36. The Kier molecular flexibility index (Phi) is 4.82. The zero-order valence-corrected chi connectivity index (χ0v) is 16.3. The van der Waals surface area contributed by atoms with Gasteiger partial charge in [-0.15, -0.1) is 5.10 Å². The van der Waals surface area contributed by atoms with Gasteiger partial charge >= 0.3 is 5.91 Å². The second kappa shape index (κ2) is 6.89. The number of phenolic OH excluding ortho intramolecular Hbond substituents is 1.